The number of hydrogen-bond acceptors (Lipinski definition) is 8. The Labute approximate surface area is 255 Å². The lowest BCUT2D eigenvalue weighted by Gasteiger charge is -2.38. The molecule has 0 fully saturated rings. The second-order valence-electron chi connectivity index (χ2n) is 12.5. The monoisotopic (exact) mass is 618 g/mol. The first-order valence-corrected chi connectivity index (χ1v) is 16.0. The molecule has 3 rings (SSSR count). The van der Waals surface area contributed by atoms with Crippen LogP contribution in [0.4, 0.5) is 0 Å². The summed E-state index contributed by atoms with van der Waals surface area (Å²) in [4.78, 5) is 26.8. The number of nitrogens with one attached hydrogen (secondary N) is 2. The third kappa shape index (κ3) is 9.40. The van der Waals surface area contributed by atoms with E-state index < -0.39 is 45.4 Å². The van der Waals surface area contributed by atoms with E-state index in [9.17, 15) is 23.1 Å². The zero-order valence-corrected chi connectivity index (χ0v) is 27.0. The van der Waals surface area contributed by atoms with Crippen molar-refractivity contribution in [1.29, 1.82) is 0 Å². The summed E-state index contributed by atoms with van der Waals surface area (Å²) in [5.41, 5.74) is 3.12. The molecule has 12 heteroatoms. The topological polar surface area (TPSA) is 138 Å². The number of hydrogen-bond donors (Lipinski definition) is 3. The third-order valence-corrected chi connectivity index (χ3v) is 8.84. The Morgan fingerprint density at radius 2 is 1.65 bits per heavy atom. The molecular weight excluding hydrogens is 572 g/mol. The summed E-state index contributed by atoms with van der Waals surface area (Å²) in [6, 6.07) is 12.1. The van der Waals surface area contributed by atoms with Gasteiger partial charge in [0.25, 0.3) is 5.91 Å². The largest absolute Gasteiger partial charge is 0.454 e. The van der Waals surface area contributed by atoms with E-state index in [-0.39, 0.29) is 43.5 Å². The molecule has 0 aliphatic carbocycles. The van der Waals surface area contributed by atoms with Crippen molar-refractivity contribution in [1.82, 2.24) is 20.1 Å². The number of aliphatic hydroxyl groups is 1. The molecule has 1 aliphatic rings. The number of amides is 2. The average molecular weight is 619 g/mol. The van der Waals surface area contributed by atoms with Crippen LogP contribution in [-0.4, -0.2) is 79.8 Å². The molecule has 0 bridgehead atoms. The Hall–Kier alpha value is -3.19. The van der Waals surface area contributed by atoms with Crippen molar-refractivity contribution in [2.75, 3.05) is 26.9 Å². The lowest BCUT2D eigenvalue weighted by molar-refractivity contribution is -0.150. The fraction of sp³-hybridized carbons (Fsp3) is 0.548. The van der Waals surface area contributed by atoms with Gasteiger partial charge in [-0.15, -0.1) is 0 Å². The van der Waals surface area contributed by atoms with E-state index in [1.54, 1.807) is 20.0 Å². The minimum Gasteiger partial charge on any atom is -0.454 e. The molecule has 1 aliphatic heterocycles. The van der Waals surface area contributed by atoms with E-state index in [0.717, 1.165) is 5.56 Å². The first kappa shape index (κ1) is 34.3. The number of rotatable bonds is 13. The molecular formula is C31H46N4O7S. The van der Waals surface area contributed by atoms with Gasteiger partial charge in [-0.1, -0.05) is 65.0 Å². The maximum atomic E-state index is 13.9. The van der Waals surface area contributed by atoms with Gasteiger partial charge in [-0.3, -0.25) is 15.0 Å². The molecule has 0 aromatic heterocycles. The van der Waals surface area contributed by atoms with Gasteiger partial charge in [-0.2, -0.15) is 4.31 Å². The van der Waals surface area contributed by atoms with Crippen LogP contribution < -0.4 is 20.2 Å². The SMILES string of the molecule is CN[C@@H](C)C(=O)NN(C(=O)CC(C)(C)C)C(Cc1ccccc1)[C@H](O)CN(CC(C)C)S(=O)(=O)c1ccc2c(c1)OCO2. The fourth-order valence-corrected chi connectivity index (χ4v) is 6.30. The molecule has 0 saturated heterocycles. The van der Waals surface area contributed by atoms with E-state index >= 15 is 0 Å². The van der Waals surface area contributed by atoms with Gasteiger partial charge in [-0.25, -0.2) is 13.4 Å². The molecule has 1 heterocycles. The predicted octanol–water partition coefficient (Wildman–Crippen LogP) is 2.94. The number of carbonyl (C=O) groups is 2. The molecule has 2 amide bonds. The fourth-order valence-electron chi connectivity index (χ4n) is 4.67. The second-order valence-corrected chi connectivity index (χ2v) is 14.5. The average Bonchev–Trinajstić information content (AvgIpc) is 3.41. The summed E-state index contributed by atoms with van der Waals surface area (Å²) < 4.78 is 39.8. The summed E-state index contributed by atoms with van der Waals surface area (Å²) in [7, 11) is -2.47. The molecule has 2 aromatic rings. The number of fused-ring (bicyclic) bond motifs is 1. The van der Waals surface area contributed by atoms with Gasteiger partial charge in [0.15, 0.2) is 11.5 Å². The normalized spacial score (nSPS) is 15.3. The third-order valence-electron chi connectivity index (χ3n) is 7.01. The van der Waals surface area contributed by atoms with Crippen LogP contribution in [-0.2, 0) is 26.0 Å². The second kappa shape index (κ2) is 14.5. The molecule has 238 valence electrons. The number of carbonyl (C=O) groups excluding carboxylic acids is 2. The van der Waals surface area contributed by atoms with Gasteiger partial charge in [0.05, 0.1) is 23.1 Å². The van der Waals surface area contributed by atoms with Crippen LogP contribution >= 0.6 is 0 Å². The summed E-state index contributed by atoms with van der Waals surface area (Å²) in [5, 5.41) is 15.9. The number of nitrogens with zero attached hydrogens (tertiary/aromatic N) is 2. The molecule has 3 N–H and O–H groups in total. The Balaban J connectivity index is 2.03. The minimum absolute atomic E-state index is 0.000946. The van der Waals surface area contributed by atoms with Crippen molar-refractivity contribution in [2.45, 2.75) is 77.5 Å². The van der Waals surface area contributed by atoms with E-state index in [1.165, 1.54) is 21.4 Å². The zero-order chi connectivity index (χ0) is 31.9. The van der Waals surface area contributed by atoms with Gasteiger partial charge >= 0.3 is 0 Å². The summed E-state index contributed by atoms with van der Waals surface area (Å²) >= 11 is 0. The molecule has 0 spiro atoms. The number of ether oxygens (including phenoxy) is 2. The van der Waals surface area contributed by atoms with Crippen molar-refractivity contribution < 1.29 is 32.6 Å². The van der Waals surface area contributed by atoms with Crippen molar-refractivity contribution in [3.63, 3.8) is 0 Å². The van der Waals surface area contributed by atoms with Crippen LogP contribution in [0.1, 0.15) is 53.5 Å². The van der Waals surface area contributed by atoms with Gasteiger partial charge < -0.3 is 19.9 Å². The maximum Gasteiger partial charge on any atom is 0.255 e. The van der Waals surface area contributed by atoms with E-state index in [2.05, 4.69) is 10.7 Å². The lowest BCUT2D eigenvalue weighted by Crippen LogP contribution is -2.61. The Morgan fingerprint density at radius 1 is 1.00 bits per heavy atom. The van der Waals surface area contributed by atoms with E-state index in [0.29, 0.717) is 11.5 Å². The number of sulfonamides is 1. The van der Waals surface area contributed by atoms with Crippen LogP contribution in [0.15, 0.2) is 53.4 Å². The number of hydrazine groups is 1. The van der Waals surface area contributed by atoms with Crippen LogP contribution in [0.5, 0.6) is 11.5 Å². The number of benzene rings is 2. The predicted molar refractivity (Wildman–Crippen MR) is 164 cm³/mol. The highest BCUT2D eigenvalue weighted by atomic mass is 32.2. The summed E-state index contributed by atoms with van der Waals surface area (Å²) in [6.07, 6.45) is -1.10. The molecule has 0 saturated carbocycles. The van der Waals surface area contributed by atoms with Gasteiger partial charge in [0.2, 0.25) is 22.7 Å². The van der Waals surface area contributed by atoms with Crippen molar-refractivity contribution in [3.05, 3.63) is 54.1 Å². The molecule has 1 unspecified atom stereocenters. The van der Waals surface area contributed by atoms with Crippen LogP contribution in [0, 0.1) is 11.3 Å². The maximum absolute atomic E-state index is 13.9. The molecule has 0 radical (unpaired) electrons. The van der Waals surface area contributed by atoms with E-state index in [4.69, 9.17) is 9.47 Å². The van der Waals surface area contributed by atoms with Crippen molar-refractivity contribution in [3.8, 4) is 11.5 Å². The van der Waals surface area contributed by atoms with Crippen molar-refractivity contribution in [2.24, 2.45) is 11.3 Å². The smallest absolute Gasteiger partial charge is 0.255 e. The molecule has 43 heavy (non-hydrogen) atoms. The standard InChI is InChI=1S/C31H46N4O7S/c1-21(2)18-34(43(39,40)24-13-14-27-28(16-24)42-20-41-27)19-26(36)25(15-23-11-9-8-10-12-23)35(29(37)17-31(4,5)6)33-30(38)22(3)32-7/h8-14,16,21-22,25-26,32,36H,15,17-20H2,1-7H3,(H,33,38)/t22-,25?,26+/m0/s1. The number of aliphatic hydroxyl groups excluding tert-OH is 1. The first-order valence-electron chi connectivity index (χ1n) is 14.5. The first-order chi connectivity index (χ1) is 20.1. The highest BCUT2D eigenvalue weighted by Crippen LogP contribution is 2.35. The molecule has 3 atom stereocenters. The Kier molecular flexibility index (Phi) is 11.6. The van der Waals surface area contributed by atoms with E-state index in [1.807, 2.05) is 65.0 Å². The Bertz CT molecular complexity index is 1350. The summed E-state index contributed by atoms with van der Waals surface area (Å²) in [6.45, 7) is 11.0. The highest BCUT2D eigenvalue weighted by molar-refractivity contribution is 7.89. The van der Waals surface area contributed by atoms with Crippen molar-refractivity contribution >= 4 is 21.8 Å². The highest BCUT2D eigenvalue weighted by Gasteiger charge is 2.37. The zero-order valence-electron chi connectivity index (χ0n) is 26.2. The Morgan fingerprint density at radius 3 is 2.26 bits per heavy atom. The number of likely N-dealkylation sites (N-methyl/N-ethyl adjacent to an activating group) is 1. The van der Waals surface area contributed by atoms with Gasteiger partial charge in [0.1, 0.15) is 0 Å². The van der Waals surface area contributed by atoms with Crippen LogP contribution in [0.2, 0.25) is 0 Å². The quantitative estimate of drug-likeness (QED) is 0.292. The lowest BCUT2D eigenvalue weighted by atomic mass is 9.91. The van der Waals surface area contributed by atoms with Crippen LogP contribution in [0.3, 0.4) is 0 Å². The summed E-state index contributed by atoms with van der Waals surface area (Å²) in [5.74, 6) is -0.135. The van der Waals surface area contributed by atoms with Gasteiger partial charge in [0, 0.05) is 25.6 Å². The van der Waals surface area contributed by atoms with Gasteiger partial charge in [-0.05, 0) is 49.4 Å². The molecule has 11 nitrogen and oxygen atoms in total. The molecule has 2 aromatic carbocycles. The van der Waals surface area contributed by atoms with Crippen LogP contribution in [0.25, 0.3) is 0 Å². The minimum atomic E-state index is -4.10.